The third-order valence-electron chi connectivity index (χ3n) is 4.73. The molecule has 8 nitrogen and oxygen atoms in total. The quantitative estimate of drug-likeness (QED) is 0.676. The molecule has 130 valence electrons. The number of nitrogens with zero attached hydrogens (tertiary/aromatic N) is 6. The van der Waals surface area contributed by atoms with E-state index >= 15 is 0 Å². The van der Waals surface area contributed by atoms with Gasteiger partial charge in [0.1, 0.15) is 24.1 Å². The molecule has 2 atom stereocenters. The summed E-state index contributed by atoms with van der Waals surface area (Å²) in [6.07, 6.45) is 3.38. The summed E-state index contributed by atoms with van der Waals surface area (Å²) in [5.74, 6) is 0.428. The lowest BCUT2D eigenvalue weighted by atomic mass is 10.2. The van der Waals surface area contributed by atoms with Crippen LogP contribution in [0.4, 0.5) is 4.39 Å². The van der Waals surface area contributed by atoms with Gasteiger partial charge in [-0.1, -0.05) is 0 Å². The molecule has 1 saturated heterocycles. The van der Waals surface area contributed by atoms with Crippen LogP contribution < -0.4 is 0 Å². The van der Waals surface area contributed by atoms with Crippen LogP contribution in [0.15, 0.2) is 12.4 Å². The highest BCUT2D eigenvalue weighted by atomic mass is 19.1. The lowest BCUT2D eigenvalue weighted by Crippen LogP contribution is -2.23. The van der Waals surface area contributed by atoms with E-state index in [1.54, 1.807) is 17.0 Å². The Morgan fingerprint density at radius 1 is 1.40 bits per heavy atom. The Labute approximate surface area is 142 Å². The van der Waals surface area contributed by atoms with Crippen LogP contribution in [0, 0.1) is 11.3 Å². The first-order chi connectivity index (χ1) is 12.2. The second-order valence-corrected chi connectivity index (χ2v) is 6.29. The molecular weight excluding hydrogens is 325 g/mol. The fourth-order valence-corrected chi connectivity index (χ4v) is 3.63. The monoisotopic (exact) mass is 343 g/mol. The fraction of sp³-hybridized carbons (Fsp3) is 0.500. The first-order valence-electron chi connectivity index (χ1n) is 8.26. The number of likely N-dealkylation sites (tertiary alicyclic amines) is 1. The minimum Gasteiger partial charge on any atom is -0.388 e. The van der Waals surface area contributed by atoms with E-state index in [2.05, 4.69) is 26.2 Å². The van der Waals surface area contributed by atoms with Gasteiger partial charge in [0, 0.05) is 19.5 Å². The molecule has 25 heavy (non-hydrogen) atoms. The van der Waals surface area contributed by atoms with E-state index in [0.717, 1.165) is 17.3 Å². The number of fused-ring (bicyclic) bond motifs is 3. The predicted octanol–water partition coefficient (Wildman–Crippen LogP) is 1.30. The Hall–Kier alpha value is -2.57. The van der Waals surface area contributed by atoms with Crippen molar-refractivity contribution < 1.29 is 9.50 Å². The molecule has 0 saturated carbocycles. The molecule has 1 fully saturated rings. The molecule has 2 unspecified atom stereocenters. The largest absolute Gasteiger partial charge is 0.388 e. The summed E-state index contributed by atoms with van der Waals surface area (Å²) in [6, 6.07) is 1.68. The van der Waals surface area contributed by atoms with Gasteiger partial charge < -0.3 is 9.67 Å². The third kappa shape index (κ3) is 2.63. The number of aromatic nitrogens is 5. The van der Waals surface area contributed by atoms with Crippen molar-refractivity contribution in [1.29, 1.82) is 5.26 Å². The minimum atomic E-state index is -1.07. The van der Waals surface area contributed by atoms with Gasteiger partial charge in [-0.25, -0.2) is 14.4 Å². The van der Waals surface area contributed by atoms with Crippen molar-refractivity contribution in [2.75, 3.05) is 19.6 Å². The molecule has 1 aliphatic rings. The third-order valence-corrected chi connectivity index (χ3v) is 4.73. The number of H-pyrrole nitrogens is 1. The Balaban J connectivity index is 1.75. The van der Waals surface area contributed by atoms with Gasteiger partial charge in [-0.05, 0) is 13.0 Å². The maximum Gasteiger partial charge on any atom is 0.157 e. The summed E-state index contributed by atoms with van der Waals surface area (Å²) in [4.78, 5) is 10.7. The number of hydrogen-bond acceptors (Lipinski definition) is 6. The van der Waals surface area contributed by atoms with Crippen molar-refractivity contribution in [2.24, 2.45) is 0 Å². The molecule has 9 heteroatoms. The Bertz CT molecular complexity index is 943. The van der Waals surface area contributed by atoms with Crippen molar-refractivity contribution >= 4 is 22.1 Å². The fourth-order valence-electron chi connectivity index (χ4n) is 3.63. The zero-order chi connectivity index (χ0) is 17.4. The number of hydrogen-bond donors (Lipinski definition) is 2. The van der Waals surface area contributed by atoms with Crippen molar-refractivity contribution in [3.63, 3.8) is 0 Å². The van der Waals surface area contributed by atoms with E-state index in [1.165, 1.54) is 0 Å². The van der Waals surface area contributed by atoms with E-state index < -0.39 is 12.2 Å². The number of nitrogens with one attached hydrogen (secondary N) is 1. The summed E-state index contributed by atoms with van der Waals surface area (Å²) < 4.78 is 16.6. The Kier molecular flexibility index (Phi) is 4.07. The predicted molar refractivity (Wildman–Crippen MR) is 88.3 cm³/mol. The van der Waals surface area contributed by atoms with Crippen molar-refractivity contribution in [3.8, 4) is 6.07 Å². The van der Waals surface area contributed by atoms with Crippen molar-refractivity contribution in [3.05, 3.63) is 18.2 Å². The number of rotatable bonds is 5. The molecule has 0 aliphatic carbocycles. The van der Waals surface area contributed by atoms with Gasteiger partial charge in [0.25, 0.3) is 0 Å². The standard InChI is InChI=1S/C16H18FN7O/c17-11-7-23(4-2-1-3-18)8-13(11)24-14(9-25)21-12-6-19-16-10(15(12)24)5-20-22-16/h5-6,11,13,25H,1-2,4,7-9H2,(H,19,20,22). The number of aliphatic hydroxyl groups excluding tert-OH is 1. The average Bonchev–Trinajstić information content (AvgIpc) is 3.30. The van der Waals surface area contributed by atoms with Gasteiger partial charge in [-0.15, -0.1) is 0 Å². The molecule has 0 amide bonds. The number of aliphatic hydroxyl groups is 1. The summed E-state index contributed by atoms with van der Waals surface area (Å²) in [5.41, 5.74) is 1.97. The molecule has 3 aromatic rings. The molecule has 0 radical (unpaired) electrons. The van der Waals surface area contributed by atoms with Crippen LogP contribution in [0.5, 0.6) is 0 Å². The van der Waals surface area contributed by atoms with Crippen LogP contribution in [0.1, 0.15) is 24.7 Å². The normalized spacial score (nSPS) is 21.3. The van der Waals surface area contributed by atoms with Crippen LogP contribution in [-0.4, -0.2) is 60.5 Å². The van der Waals surface area contributed by atoms with Crippen LogP contribution in [0.2, 0.25) is 0 Å². The van der Waals surface area contributed by atoms with Crippen molar-refractivity contribution in [1.82, 2.24) is 29.6 Å². The van der Waals surface area contributed by atoms with E-state index in [1.807, 2.05) is 4.90 Å². The topological polar surface area (TPSA) is 107 Å². The number of unbranched alkanes of at least 4 members (excludes halogenated alkanes) is 1. The molecule has 4 rings (SSSR count). The maximum absolute atomic E-state index is 14.8. The summed E-state index contributed by atoms with van der Waals surface area (Å²) in [6.45, 7) is 1.26. The van der Waals surface area contributed by atoms with Gasteiger partial charge in [0.2, 0.25) is 0 Å². The number of halogens is 1. The number of aromatic amines is 1. The molecule has 3 aromatic heterocycles. The number of imidazole rings is 1. The van der Waals surface area contributed by atoms with Gasteiger partial charge >= 0.3 is 0 Å². The van der Waals surface area contributed by atoms with E-state index in [4.69, 9.17) is 5.26 Å². The van der Waals surface area contributed by atoms with Crippen LogP contribution in [0.25, 0.3) is 22.1 Å². The number of pyridine rings is 1. The molecule has 2 N–H and O–H groups in total. The molecule has 0 aromatic carbocycles. The molecule has 4 heterocycles. The average molecular weight is 343 g/mol. The first-order valence-corrected chi connectivity index (χ1v) is 8.26. The summed E-state index contributed by atoms with van der Waals surface area (Å²) in [7, 11) is 0. The molecule has 1 aliphatic heterocycles. The van der Waals surface area contributed by atoms with Crippen molar-refractivity contribution in [2.45, 2.75) is 31.7 Å². The van der Waals surface area contributed by atoms with E-state index in [-0.39, 0.29) is 6.61 Å². The van der Waals surface area contributed by atoms with Crippen LogP contribution in [0.3, 0.4) is 0 Å². The molecular formula is C16H18FN7O. The van der Waals surface area contributed by atoms with Gasteiger partial charge in [0.05, 0.1) is 35.4 Å². The highest BCUT2D eigenvalue weighted by molar-refractivity contribution is 6.00. The lowest BCUT2D eigenvalue weighted by molar-refractivity contribution is 0.242. The minimum absolute atomic E-state index is 0.272. The highest BCUT2D eigenvalue weighted by Gasteiger charge is 2.36. The van der Waals surface area contributed by atoms with Crippen LogP contribution >= 0.6 is 0 Å². The summed E-state index contributed by atoms with van der Waals surface area (Å²) >= 11 is 0. The highest BCUT2D eigenvalue weighted by Crippen LogP contribution is 2.33. The molecule has 0 bridgehead atoms. The smallest absolute Gasteiger partial charge is 0.157 e. The molecule has 0 spiro atoms. The SMILES string of the molecule is N#CCCCN1CC(F)C(n2c(CO)nc3cnc4[nH]ncc4c32)C1. The number of nitriles is 1. The van der Waals surface area contributed by atoms with Gasteiger partial charge in [-0.2, -0.15) is 10.4 Å². The second kappa shape index (κ2) is 6.38. The number of alkyl halides is 1. The summed E-state index contributed by atoms with van der Waals surface area (Å²) in [5, 5.41) is 26.0. The Morgan fingerprint density at radius 2 is 2.28 bits per heavy atom. The Morgan fingerprint density at radius 3 is 3.08 bits per heavy atom. The maximum atomic E-state index is 14.8. The van der Waals surface area contributed by atoms with Crippen LogP contribution in [-0.2, 0) is 6.61 Å². The first kappa shape index (κ1) is 15.9. The second-order valence-electron chi connectivity index (χ2n) is 6.29. The van der Waals surface area contributed by atoms with Gasteiger partial charge in [-0.3, -0.25) is 10.00 Å². The zero-order valence-electron chi connectivity index (χ0n) is 13.6. The lowest BCUT2D eigenvalue weighted by Gasteiger charge is -2.19. The zero-order valence-corrected chi connectivity index (χ0v) is 13.6. The van der Waals surface area contributed by atoms with E-state index in [0.29, 0.717) is 43.0 Å². The van der Waals surface area contributed by atoms with Gasteiger partial charge in [0.15, 0.2) is 5.65 Å². The van der Waals surface area contributed by atoms with E-state index in [9.17, 15) is 9.50 Å².